The van der Waals surface area contributed by atoms with E-state index in [9.17, 15) is 31.9 Å². The van der Waals surface area contributed by atoms with Crippen molar-refractivity contribution in [2.24, 2.45) is 21.5 Å². The molecule has 5 N–H and O–H groups in total. The highest BCUT2D eigenvalue weighted by atomic mass is 19.2. The number of esters is 1. The Morgan fingerprint density at radius 3 is 2.19 bits per heavy atom. The predicted octanol–water partition coefficient (Wildman–Crippen LogP) is 3.38. The monoisotopic (exact) mass is 744 g/mol. The zero-order valence-corrected chi connectivity index (χ0v) is 29.5. The Labute approximate surface area is 300 Å². The fraction of sp³-hybridized carbons (Fsp3) is 0.559. The van der Waals surface area contributed by atoms with E-state index < -0.39 is 41.4 Å². The van der Waals surface area contributed by atoms with E-state index in [0.29, 0.717) is 43.2 Å². The van der Waals surface area contributed by atoms with E-state index >= 15 is 0 Å². The molecule has 0 unspecified atom stereocenters. The Morgan fingerprint density at radius 1 is 0.942 bits per heavy atom. The number of ether oxygens (including phenoxy) is 4. The number of carbonyl (C=O) groups is 3. The smallest absolute Gasteiger partial charge is 0.313 e. The van der Waals surface area contributed by atoms with Crippen molar-refractivity contribution in [3.05, 3.63) is 52.9 Å². The maximum atomic E-state index is 13.6. The van der Waals surface area contributed by atoms with Crippen LogP contribution in [0, 0.1) is 23.3 Å². The van der Waals surface area contributed by atoms with Crippen LogP contribution >= 0.6 is 0 Å². The lowest BCUT2D eigenvalue weighted by molar-refractivity contribution is -0.180. The first-order chi connectivity index (χ1) is 25.0. The SMILES string of the molecule is CCCN(OCC)C(=O)C1=CC(=NCCCCCNC(=O)CCOCCOCCOCCC(=O)Oc2c(F)c(F)cc(F)c2F)/C(=C\N)N=C(N)C1. The number of amidine groups is 1. The van der Waals surface area contributed by atoms with Crippen LogP contribution in [-0.2, 0) is 33.4 Å². The summed E-state index contributed by atoms with van der Waals surface area (Å²) < 4.78 is 73.7. The van der Waals surface area contributed by atoms with E-state index in [1.165, 1.54) is 11.3 Å². The number of aliphatic imine (C=N–C) groups is 2. The minimum atomic E-state index is -1.81. The highest BCUT2D eigenvalue weighted by molar-refractivity contribution is 6.16. The lowest BCUT2D eigenvalue weighted by Crippen LogP contribution is -2.34. The van der Waals surface area contributed by atoms with Gasteiger partial charge in [0.25, 0.3) is 5.91 Å². The number of hydroxylamine groups is 2. The number of rotatable bonds is 24. The fourth-order valence-electron chi connectivity index (χ4n) is 4.46. The summed E-state index contributed by atoms with van der Waals surface area (Å²) in [6.45, 7) is 6.20. The Bertz CT molecular complexity index is 1420. The van der Waals surface area contributed by atoms with Crippen LogP contribution in [0.2, 0.25) is 0 Å². The summed E-state index contributed by atoms with van der Waals surface area (Å²) in [5, 5.41) is 4.16. The topological polar surface area (TPSA) is 189 Å². The van der Waals surface area contributed by atoms with Gasteiger partial charge in [0.2, 0.25) is 23.3 Å². The van der Waals surface area contributed by atoms with Gasteiger partial charge in [-0.1, -0.05) is 6.92 Å². The molecule has 52 heavy (non-hydrogen) atoms. The number of amides is 2. The van der Waals surface area contributed by atoms with Gasteiger partial charge in [0, 0.05) is 50.3 Å². The maximum absolute atomic E-state index is 13.6. The molecule has 2 rings (SSSR count). The average Bonchev–Trinajstić information content (AvgIpc) is 3.28. The molecular weight excluding hydrogens is 696 g/mol. The van der Waals surface area contributed by atoms with E-state index in [1.54, 1.807) is 13.0 Å². The number of nitrogens with zero attached hydrogens (tertiary/aromatic N) is 3. The molecule has 18 heteroatoms. The third-order valence-corrected chi connectivity index (χ3v) is 6.97. The Morgan fingerprint density at radius 2 is 1.58 bits per heavy atom. The predicted molar refractivity (Wildman–Crippen MR) is 183 cm³/mol. The quantitative estimate of drug-likeness (QED) is 0.0354. The Kier molecular flexibility index (Phi) is 20.8. The van der Waals surface area contributed by atoms with Crippen molar-refractivity contribution >= 4 is 29.3 Å². The average molecular weight is 745 g/mol. The molecule has 0 spiro atoms. The molecule has 2 amide bonds. The molecule has 1 aliphatic rings. The number of allylic oxidation sites excluding steroid dienone is 1. The third-order valence-electron chi connectivity index (χ3n) is 6.97. The first-order valence-electron chi connectivity index (χ1n) is 17.0. The second-order valence-corrected chi connectivity index (χ2v) is 11.1. The molecule has 1 heterocycles. The van der Waals surface area contributed by atoms with Crippen molar-refractivity contribution in [1.82, 2.24) is 10.4 Å². The van der Waals surface area contributed by atoms with Gasteiger partial charge in [0.15, 0.2) is 11.6 Å². The van der Waals surface area contributed by atoms with Crippen LogP contribution in [0.3, 0.4) is 0 Å². The van der Waals surface area contributed by atoms with Crippen LogP contribution in [0.25, 0.3) is 0 Å². The van der Waals surface area contributed by atoms with Crippen molar-refractivity contribution in [2.45, 2.75) is 58.8 Å². The minimum absolute atomic E-state index is 0.00689. The zero-order chi connectivity index (χ0) is 38.3. The number of hydrogen-bond donors (Lipinski definition) is 3. The summed E-state index contributed by atoms with van der Waals surface area (Å²) in [4.78, 5) is 51.3. The van der Waals surface area contributed by atoms with Gasteiger partial charge in [-0.2, -0.15) is 8.78 Å². The van der Waals surface area contributed by atoms with Gasteiger partial charge in [-0.25, -0.2) is 18.8 Å². The number of halogens is 4. The van der Waals surface area contributed by atoms with E-state index in [-0.39, 0.29) is 76.2 Å². The second-order valence-electron chi connectivity index (χ2n) is 11.1. The lowest BCUT2D eigenvalue weighted by Gasteiger charge is -2.21. The normalized spacial score (nSPS) is 14.6. The van der Waals surface area contributed by atoms with Crippen LogP contribution in [0.1, 0.15) is 58.8 Å². The first kappa shape index (κ1) is 43.8. The first-order valence-corrected chi connectivity index (χ1v) is 17.0. The summed E-state index contributed by atoms with van der Waals surface area (Å²) in [7, 11) is 0. The molecule has 0 bridgehead atoms. The summed E-state index contributed by atoms with van der Waals surface area (Å²) in [5.74, 6) is -9.79. The summed E-state index contributed by atoms with van der Waals surface area (Å²) >= 11 is 0. The number of carbonyl (C=O) groups excluding carboxylic acids is 3. The summed E-state index contributed by atoms with van der Waals surface area (Å²) in [5.41, 5.74) is 13.1. The summed E-state index contributed by atoms with van der Waals surface area (Å²) in [6.07, 6.45) is 5.85. The molecule has 290 valence electrons. The largest absolute Gasteiger partial charge is 0.420 e. The van der Waals surface area contributed by atoms with Crippen molar-refractivity contribution < 1.29 is 55.7 Å². The van der Waals surface area contributed by atoms with Crippen molar-refractivity contribution in [2.75, 3.05) is 65.9 Å². The maximum Gasteiger partial charge on any atom is 0.313 e. The number of benzene rings is 1. The van der Waals surface area contributed by atoms with Crippen LogP contribution < -0.4 is 21.5 Å². The van der Waals surface area contributed by atoms with Crippen molar-refractivity contribution in [1.29, 1.82) is 0 Å². The van der Waals surface area contributed by atoms with E-state index in [1.807, 2.05) is 6.92 Å². The zero-order valence-electron chi connectivity index (χ0n) is 29.5. The highest BCUT2D eigenvalue weighted by Gasteiger charge is 2.24. The van der Waals surface area contributed by atoms with E-state index in [2.05, 4.69) is 20.0 Å². The summed E-state index contributed by atoms with van der Waals surface area (Å²) in [6, 6.07) is 0.00689. The number of hydrogen-bond acceptors (Lipinski definition) is 12. The van der Waals surface area contributed by atoms with Gasteiger partial charge in [-0.3, -0.25) is 24.2 Å². The number of nitrogens with one attached hydrogen (secondary N) is 1. The number of unbranched alkanes of at least 4 members (excludes halogenated alkanes) is 2. The van der Waals surface area contributed by atoms with Crippen molar-refractivity contribution in [3.63, 3.8) is 0 Å². The molecule has 1 aromatic carbocycles. The van der Waals surface area contributed by atoms with Gasteiger partial charge in [0.1, 0.15) is 11.5 Å². The minimum Gasteiger partial charge on any atom is -0.420 e. The molecular formula is C34H48F4N6O8. The van der Waals surface area contributed by atoms with Crippen LogP contribution in [-0.4, -0.2) is 100 Å². The van der Waals surface area contributed by atoms with Crippen molar-refractivity contribution in [3.8, 4) is 5.75 Å². The molecule has 1 aliphatic heterocycles. The van der Waals surface area contributed by atoms with E-state index in [0.717, 1.165) is 25.7 Å². The molecule has 14 nitrogen and oxygen atoms in total. The second kappa shape index (κ2) is 24.7. The lowest BCUT2D eigenvalue weighted by atomic mass is 10.1. The molecule has 0 radical (unpaired) electrons. The molecule has 0 atom stereocenters. The van der Waals surface area contributed by atoms with Gasteiger partial charge in [-0.05, 0) is 38.7 Å². The van der Waals surface area contributed by atoms with Crippen LogP contribution in [0.4, 0.5) is 17.6 Å². The Hall–Kier alpha value is -4.39. The molecule has 0 saturated heterocycles. The standard InChI is InChI=1S/C34H48F4N6O8/c1-3-12-44(51-4-2)34(47)23-19-26(27(22-39)43-28(40)20-23)41-10-6-5-7-11-42-29(45)8-13-48-15-17-50-18-16-49-14-9-30(46)52-33-31(37)24(35)21-25(36)32(33)38/h19,21-22H,3-18,20,39H2,1-2H3,(H2,40,43)(H,42,45)/b27-22+,41-26?. The number of nitrogens with two attached hydrogens (primary N) is 2. The third kappa shape index (κ3) is 15.9. The molecule has 0 aliphatic carbocycles. The molecule has 0 aromatic heterocycles. The van der Waals surface area contributed by atoms with Crippen LogP contribution in [0.5, 0.6) is 5.75 Å². The van der Waals surface area contributed by atoms with Gasteiger partial charge in [-0.15, -0.1) is 0 Å². The molecule has 1 aromatic rings. The highest BCUT2D eigenvalue weighted by Crippen LogP contribution is 2.26. The fourth-order valence-corrected chi connectivity index (χ4v) is 4.46. The van der Waals surface area contributed by atoms with Gasteiger partial charge < -0.3 is 35.7 Å². The van der Waals surface area contributed by atoms with Gasteiger partial charge >= 0.3 is 5.97 Å². The molecule has 0 fully saturated rings. The molecule has 0 saturated carbocycles. The van der Waals surface area contributed by atoms with Gasteiger partial charge in [0.05, 0.1) is 58.4 Å². The Balaban J connectivity index is 1.53. The van der Waals surface area contributed by atoms with Crippen LogP contribution in [0.15, 0.2) is 39.6 Å². The van der Waals surface area contributed by atoms with E-state index in [4.69, 9.17) is 30.5 Å².